The summed E-state index contributed by atoms with van der Waals surface area (Å²) in [6.45, 7) is 6.41. The van der Waals surface area contributed by atoms with Crippen LogP contribution in [-0.2, 0) is 12.8 Å². The number of nitrogens with two attached hydrogens (primary N) is 1. The maximum absolute atomic E-state index is 5.73. The highest BCUT2D eigenvalue weighted by Crippen LogP contribution is 2.14. The molecule has 0 heterocycles. The van der Waals surface area contributed by atoms with E-state index in [0.717, 1.165) is 19.3 Å². The maximum atomic E-state index is 5.73. The van der Waals surface area contributed by atoms with Crippen molar-refractivity contribution in [3.63, 3.8) is 0 Å². The van der Waals surface area contributed by atoms with Gasteiger partial charge in [-0.15, -0.1) is 0 Å². The van der Waals surface area contributed by atoms with Gasteiger partial charge in [0.1, 0.15) is 0 Å². The van der Waals surface area contributed by atoms with Gasteiger partial charge in [0.25, 0.3) is 0 Å². The number of hydrazine groups is 1. The Morgan fingerprint density at radius 3 is 2.05 bits per heavy atom. The second kappa shape index (κ2) is 7.39. The number of aryl methyl sites for hydroxylation is 4. The number of hydrogen-bond donors (Lipinski definition) is 2. The molecule has 0 bridgehead atoms. The second-order valence-corrected chi connectivity index (χ2v) is 6.09. The van der Waals surface area contributed by atoms with E-state index in [2.05, 4.69) is 68.7 Å². The Balaban J connectivity index is 1.95. The van der Waals surface area contributed by atoms with Gasteiger partial charge < -0.3 is 0 Å². The minimum Gasteiger partial charge on any atom is -0.271 e. The number of benzene rings is 2. The molecular weight excluding hydrogens is 256 g/mol. The van der Waals surface area contributed by atoms with Crippen molar-refractivity contribution in [1.29, 1.82) is 0 Å². The van der Waals surface area contributed by atoms with Gasteiger partial charge in [-0.1, -0.05) is 59.2 Å². The summed E-state index contributed by atoms with van der Waals surface area (Å²) in [7, 11) is 0. The molecule has 0 spiro atoms. The molecule has 0 radical (unpaired) electrons. The van der Waals surface area contributed by atoms with Gasteiger partial charge in [0.2, 0.25) is 0 Å². The SMILES string of the molecule is Cc1ccc(CCC(Cc2cc(C)cc(C)c2)NN)cc1. The molecule has 2 aromatic carbocycles. The largest absolute Gasteiger partial charge is 0.271 e. The van der Waals surface area contributed by atoms with E-state index in [4.69, 9.17) is 5.84 Å². The fourth-order valence-corrected chi connectivity index (χ4v) is 2.81. The minimum absolute atomic E-state index is 0.313. The molecule has 3 N–H and O–H groups in total. The summed E-state index contributed by atoms with van der Waals surface area (Å²) in [5, 5.41) is 0. The Morgan fingerprint density at radius 2 is 1.48 bits per heavy atom. The van der Waals surface area contributed by atoms with Gasteiger partial charge in [0, 0.05) is 6.04 Å². The van der Waals surface area contributed by atoms with E-state index in [1.807, 2.05) is 0 Å². The Labute approximate surface area is 128 Å². The molecule has 1 unspecified atom stereocenters. The van der Waals surface area contributed by atoms with Crippen LogP contribution in [0.15, 0.2) is 42.5 Å². The summed E-state index contributed by atoms with van der Waals surface area (Å²) in [6.07, 6.45) is 3.08. The van der Waals surface area contributed by atoms with E-state index in [0.29, 0.717) is 6.04 Å². The molecule has 0 saturated carbocycles. The van der Waals surface area contributed by atoms with E-state index in [1.54, 1.807) is 0 Å². The molecule has 0 fully saturated rings. The third-order valence-corrected chi connectivity index (χ3v) is 3.90. The zero-order valence-electron chi connectivity index (χ0n) is 13.3. The van der Waals surface area contributed by atoms with Crippen LogP contribution in [0.25, 0.3) is 0 Å². The summed E-state index contributed by atoms with van der Waals surface area (Å²) in [5.74, 6) is 5.73. The summed E-state index contributed by atoms with van der Waals surface area (Å²) in [5.41, 5.74) is 9.65. The van der Waals surface area contributed by atoms with Gasteiger partial charge in [0.05, 0.1) is 0 Å². The first-order chi connectivity index (χ1) is 10.1. The van der Waals surface area contributed by atoms with Crippen molar-refractivity contribution in [2.45, 2.75) is 46.1 Å². The second-order valence-electron chi connectivity index (χ2n) is 6.09. The first-order valence-electron chi connectivity index (χ1n) is 7.65. The molecule has 2 aromatic rings. The first kappa shape index (κ1) is 15.7. The first-order valence-corrected chi connectivity index (χ1v) is 7.65. The van der Waals surface area contributed by atoms with Gasteiger partial charge in [0.15, 0.2) is 0 Å². The lowest BCUT2D eigenvalue weighted by Crippen LogP contribution is -2.37. The summed E-state index contributed by atoms with van der Waals surface area (Å²) in [4.78, 5) is 0. The zero-order valence-corrected chi connectivity index (χ0v) is 13.3. The fourth-order valence-electron chi connectivity index (χ4n) is 2.81. The molecule has 2 rings (SSSR count). The molecule has 1 atom stereocenters. The number of nitrogens with one attached hydrogen (secondary N) is 1. The van der Waals surface area contributed by atoms with Crippen LogP contribution in [0.5, 0.6) is 0 Å². The van der Waals surface area contributed by atoms with Crippen LogP contribution in [0.2, 0.25) is 0 Å². The Bertz CT molecular complexity index is 552. The highest BCUT2D eigenvalue weighted by molar-refractivity contribution is 5.29. The highest BCUT2D eigenvalue weighted by atomic mass is 15.2. The Kier molecular flexibility index (Phi) is 5.54. The molecule has 0 aliphatic heterocycles. The van der Waals surface area contributed by atoms with E-state index in [1.165, 1.54) is 27.8 Å². The van der Waals surface area contributed by atoms with Crippen LogP contribution in [0.1, 0.15) is 34.2 Å². The average molecular weight is 282 g/mol. The third-order valence-electron chi connectivity index (χ3n) is 3.90. The molecule has 2 heteroatoms. The summed E-state index contributed by atoms with van der Waals surface area (Å²) in [6, 6.07) is 15.8. The monoisotopic (exact) mass is 282 g/mol. The standard InChI is InChI=1S/C19H26N2/c1-14-4-6-17(7-5-14)8-9-19(21-20)13-18-11-15(2)10-16(3)12-18/h4-7,10-12,19,21H,8-9,13,20H2,1-3H3. The van der Waals surface area contributed by atoms with Crippen molar-refractivity contribution in [1.82, 2.24) is 5.43 Å². The van der Waals surface area contributed by atoms with Crippen molar-refractivity contribution < 1.29 is 0 Å². The molecule has 0 aliphatic carbocycles. The molecular formula is C19H26N2. The average Bonchev–Trinajstić information content (AvgIpc) is 2.44. The number of hydrogen-bond acceptors (Lipinski definition) is 2. The molecule has 0 aliphatic rings. The lowest BCUT2D eigenvalue weighted by Gasteiger charge is -2.17. The number of rotatable bonds is 6. The van der Waals surface area contributed by atoms with Crippen LogP contribution in [0, 0.1) is 20.8 Å². The van der Waals surface area contributed by atoms with Crippen molar-refractivity contribution >= 4 is 0 Å². The molecule has 0 aromatic heterocycles. The van der Waals surface area contributed by atoms with Crippen molar-refractivity contribution in [3.05, 3.63) is 70.3 Å². The maximum Gasteiger partial charge on any atom is 0.0254 e. The van der Waals surface area contributed by atoms with E-state index in [9.17, 15) is 0 Å². The molecule has 21 heavy (non-hydrogen) atoms. The zero-order chi connectivity index (χ0) is 15.2. The summed E-state index contributed by atoms with van der Waals surface area (Å²) >= 11 is 0. The minimum atomic E-state index is 0.313. The van der Waals surface area contributed by atoms with E-state index in [-0.39, 0.29) is 0 Å². The van der Waals surface area contributed by atoms with Gasteiger partial charge in [-0.3, -0.25) is 11.3 Å². The van der Waals surface area contributed by atoms with Crippen molar-refractivity contribution in [2.75, 3.05) is 0 Å². The smallest absolute Gasteiger partial charge is 0.0254 e. The Morgan fingerprint density at radius 1 is 0.857 bits per heavy atom. The van der Waals surface area contributed by atoms with Crippen LogP contribution < -0.4 is 11.3 Å². The quantitative estimate of drug-likeness (QED) is 0.627. The molecule has 112 valence electrons. The third kappa shape index (κ3) is 5.00. The molecule has 0 saturated heterocycles. The topological polar surface area (TPSA) is 38.0 Å². The fraction of sp³-hybridized carbons (Fsp3) is 0.368. The lowest BCUT2D eigenvalue weighted by atomic mass is 9.97. The van der Waals surface area contributed by atoms with Gasteiger partial charge in [-0.25, -0.2) is 0 Å². The highest BCUT2D eigenvalue weighted by Gasteiger charge is 2.09. The molecule has 0 amide bonds. The predicted molar refractivity (Wildman–Crippen MR) is 90.2 cm³/mol. The van der Waals surface area contributed by atoms with Crippen LogP contribution in [0.4, 0.5) is 0 Å². The lowest BCUT2D eigenvalue weighted by molar-refractivity contribution is 0.491. The van der Waals surface area contributed by atoms with Gasteiger partial charge in [-0.05, 0) is 51.2 Å². The van der Waals surface area contributed by atoms with Gasteiger partial charge >= 0.3 is 0 Å². The van der Waals surface area contributed by atoms with E-state index >= 15 is 0 Å². The summed E-state index contributed by atoms with van der Waals surface area (Å²) < 4.78 is 0. The normalized spacial score (nSPS) is 12.4. The van der Waals surface area contributed by atoms with Crippen LogP contribution in [-0.4, -0.2) is 6.04 Å². The van der Waals surface area contributed by atoms with Crippen molar-refractivity contribution in [2.24, 2.45) is 5.84 Å². The van der Waals surface area contributed by atoms with Crippen molar-refractivity contribution in [3.8, 4) is 0 Å². The van der Waals surface area contributed by atoms with Gasteiger partial charge in [-0.2, -0.15) is 0 Å². The van der Waals surface area contributed by atoms with E-state index < -0.39 is 0 Å². The van der Waals surface area contributed by atoms with Crippen LogP contribution >= 0.6 is 0 Å². The van der Waals surface area contributed by atoms with Crippen LogP contribution in [0.3, 0.4) is 0 Å². The predicted octanol–water partition coefficient (Wildman–Crippen LogP) is 3.62. The Hall–Kier alpha value is -1.64. The molecule has 2 nitrogen and oxygen atoms in total.